The van der Waals surface area contributed by atoms with Crippen molar-refractivity contribution in [2.75, 3.05) is 0 Å². The van der Waals surface area contributed by atoms with Crippen LogP contribution in [0.15, 0.2) is 52.1 Å². The van der Waals surface area contributed by atoms with Crippen LogP contribution in [0.2, 0.25) is 3.12 Å². The van der Waals surface area contributed by atoms with E-state index in [0.717, 1.165) is 39.0 Å². The summed E-state index contributed by atoms with van der Waals surface area (Å²) in [7, 11) is 0. The van der Waals surface area contributed by atoms with E-state index in [1.165, 1.54) is 0 Å². The summed E-state index contributed by atoms with van der Waals surface area (Å²) in [5, 5.41) is 0. The summed E-state index contributed by atoms with van der Waals surface area (Å²) in [5.74, 6) is 0. The average molecular weight is 408 g/mol. The zero-order chi connectivity index (χ0) is 17.9. The van der Waals surface area contributed by atoms with Crippen molar-refractivity contribution >= 4 is 6.08 Å². The molecule has 0 radical (unpaired) electrons. The Labute approximate surface area is 150 Å². The zero-order valence-corrected chi connectivity index (χ0v) is 17.9. The minimum absolute atomic E-state index is 0.508. The van der Waals surface area contributed by atoms with Gasteiger partial charge in [-0.15, -0.1) is 0 Å². The minimum atomic E-state index is -5.64. The van der Waals surface area contributed by atoms with Crippen LogP contribution in [-0.4, -0.2) is 0 Å². The summed E-state index contributed by atoms with van der Waals surface area (Å²) in [6.07, 6.45) is 2.48. The standard InChI is InChI=1S/C11H17.C10H9.2FH.Zr/c1-6-11-9(4)7(2)8(3)10(11)5;1-8-6-9-4-2-3-5-10(9)7-8;;;/h6H2,1-5H3;2-7H,1H3;2*1H;/q;;;;+2/p-2. The molecular formula is C21H26F2Zr. The summed E-state index contributed by atoms with van der Waals surface area (Å²) in [4.78, 5) is 0. The van der Waals surface area contributed by atoms with Crippen LogP contribution in [-0.2, 0) is 21.5 Å². The molecule has 3 heteroatoms. The normalized spacial score (nSPS) is 23.0. The SMILES string of the molecule is CC[C]1([Zr]([F])([F])[CH]2C(C)=Cc3ccccc32)C(C)=C(C)C(C)=C1C. The van der Waals surface area contributed by atoms with Crippen molar-refractivity contribution in [3.05, 3.63) is 63.3 Å². The molecule has 0 spiro atoms. The van der Waals surface area contributed by atoms with Crippen LogP contribution in [0, 0.1) is 0 Å². The number of hydrogen-bond acceptors (Lipinski definition) is 0. The number of halogens is 2. The Morgan fingerprint density at radius 1 is 0.958 bits per heavy atom. The van der Waals surface area contributed by atoms with E-state index in [1.807, 2.05) is 71.9 Å². The van der Waals surface area contributed by atoms with E-state index in [-0.39, 0.29) is 0 Å². The maximum absolute atomic E-state index is 16.4. The van der Waals surface area contributed by atoms with Gasteiger partial charge < -0.3 is 0 Å². The quantitative estimate of drug-likeness (QED) is 0.492. The molecule has 0 aliphatic heterocycles. The fourth-order valence-electron chi connectivity index (χ4n) is 4.96. The molecule has 0 amide bonds. The second kappa shape index (κ2) is 5.87. The van der Waals surface area contributed by atoms with Crippen molar-refractivity contribution in [1.29, 1.82) is 0 Å². The third kappa shape index (κ3) is 2.09. The molecule has 0 heterocycles. The maximum atomic E-state index is 16.4. The van der Waals surface area contributed by atoms with Gasteiger partial charge in [0.25, 0.3) is 0 Å². The molecule has 0 N–H and O–H groups in total. The Morgan fingerprint density at radius 2 is 1.50 bits per heavy atom. The van der Waals surface area contributed by atoms with Crippen LogP contribution < -0.4 is 0 Å². The van der Waals surface area contributed by atoms with Gasteiger partial charge in [0.15, 0.2) is 0 Å². The summed E-state index contributed by atoms with van der Waals surface area (Å²) in [6.45, 7) is 11.8. The summed E-state index contributed by atoms with van der Waals surface area (Å²) in [6, 6.07) is 7.72. The molecule has 2 aliphatic carbocycles. The summed E-state index contributed by atoms with van der Waals surface area (Å²) < 4.78 is 31.1. The third-order valence-electron chi connectivity index (χ3n) is 6.58. The van der Waals surface area contributed by atoms with E-state index < -0.39 is 28.2 Å². The Hall–Kier alpha value is -0.817. The molecule has 2 aliphatic rings. The average Bonchev–Trinajstić information content (AvgIpc) is 2.97. The van der Waals surface area contributed by atoms with Crippen LogP contribution in [0.4, 0.5) is 5.25 Å². The van der Waals surface area contributed by atoms with Crippen LogP contribution in [0.3, 0.4) is 0 Å². The van der Waals surface area contributed by atoms with Gasteiger partial charge in [-0.05, 0) is 0 Å². The number of benzene rings is 1. The van der Waals surface area contributed by atoms with Gasteiger partial charge in [0.1, 0.15) is 0 Å². The molecule has 128 valence electrons. The van der Waals surface area contributed by atoms with Gasteiger partial charge in [0.05, 0.1) is 0 Å². The number of allylic oxidation sites excluding steroid dienone is 5. The Morgan fingerprint density at radius 3 is 2.04 bits per heavy atom. The van der Waals surface area contributed by atoms with E-state index in [9.17, 15) is 0 Å². The van der Waals surface area contributed by atoms with Gasteiger partial charge in [0.2, 0.25) is 0 Å². The van der Waals surface area contributed by atoms with Crippen LogP contribution in [0.25, 0.3) is 6.08 Å². The first-order valence-corrected chi connectivity index (χ1v) is 13.2. The molecule has 0 fully saturated rings. The molecule has 1 aromatic rings. The Kier molecular flexibility index (Phi) is 4.40. The molecule has 0 saturated heterocycles. The Bertz CT molecular complexity index is 772. The van der Waals surface area contributed by atoms with Gasteiger partial charge in [-0.3, -0.25) is 0 Å². The molecule has 3 rings (SSSR count). The number of rotatable bonds is 3. The zero-order valence-electron chi connectivity index (χ0n) is 15.4. The van der Waals surface area contributed by atoms with Crippen molar-refractivity contribution in [2.24, 2.45) is 0 Å². The van der Waals surface area contributed by atoms with Crippen LogP contribution in [0.1, 0.15) is 62.7 Å². The van der Waals surface area contributed by atoms with Crippen molar-refractivity contribution in [1.82, 2.24) is 0 Å². The van der Waals surface area contributed by atoms with E-state index in [4.69, 9.17) is 0 Å². The van der Waals surface area contributed by atoms with Gasteiger partial charge in [-0.25, -0.2) is 0 Å². The van der Waals surface area contributed by atoms with E-state index in [2.05, 4.69) is 0 Å². The number of hydrogen-bond donors (Lipinski definition) is 0. The molecule has 1 unspecified atom stereocenters. The van der Waals surface area contributed by atoms with Gasteiger partial charge in [-0.1, -0.05) is 0 Å². The van der Waals surface area contributed by atoms with Crippen LogP contribution >= 0.6 is 0 Å². The summed E-state index contributed by atoms with van der Waals surface area (Å²) >= 11 is -5.64. The molecule has 0 saturated carbocycles. The van der Waals surface area contributed by atoms with Gasteiger partial charge in [-0.2, -0.15) is 0 Å². The van der Waals surface area contributed by atoms with Gasteiger partial charge in [0, 0.05) is 0 Å². The molecule has 1 aromatic carbocycles. The first-order valence-electron chi connectivity index (χ1n) is 8.71. The topological polar surface area (TPSA) is 0 Å². The van der Waals surface area contributed by atoms with E-state index >= 15 is 5.25 Å². The Balaban J connectivity index is 2.23. The first-order chi connectivity index (χ1) is 11.2. The van der Waals surface area contributed by atoms with E-state index in [0.29, 0.717) is 6.42 Å². The molecule has 1 atom stereocenters. The number of fused-ring (bicyclic) bond motifs is 1. The van der Waals surface area contributed by atoms with Crippen molar-refractivity contribution in [3.63, 3.8) is 0 Å². The van der Waals surface area contributed by atoms with E-state index in [1.54, 1.807) is 0 Å². The fourth-order valence-corrected chi connectivity index (χ4v) is 13.9. The predicted octanol–water partition coefficient (Wildman–Crippen LogP) is 7.32. The second-order valence-electron chi connectivity index (χ2n) is 7.33. The van der Waals surface area contributed by atoms with Gasteiger partial charge >= 0.3 is 151 Å². The van der Waals surface area contributed by atoms with Crippen molar-refractivity contribution in [3.8, 4) is 0 Å². The second-order valence-corrected chi connectivity index (χ2v) is 13.9. The molecular weight excluding hydrogens is 381 g/mol. The van der Waals surface area contributed by atoms with Crippen LogP contribution in [0.5, 0.6) is 0 Å². The first kappa shape index (κ1) is 18.0. The monoisotopic (exact) mass is 406 g/mol. The predicted molar refractivity (Wildman–Crippen MR) is 94.8 cm³/mol. The molecule has 24 heavy (non-hydrogen) atoms. The molecule has 0 nitrogen and oxygen atoms in total. The molecule has 0 bridgehead atoms. The molecule has 0 aromatic heterocycles. The van der Waals surface area contributed by atoms with Crippen molar-refractivity contribution in [2.45, 2.75) is 54.7 Å². The fraction of sp³-hybridized carbons (Fsp3) is 0.429. The van der Waals surface area contributed by atoms with Crippen molar-refractivity contribution < 1.29 is 26.7 Å². The summed E-state index contributed by atoms with van der Waals surface area (Å²) in [5.41, 5.74) is 6.71. The third-order valence-corrected chi connectivity index (χ3v) is 15.8.